The van der Waals surface area contributed by atoms with Crippen molar-refractivity contribution in [1.29, 1.82) is 0 Å². The number of carbonyl (C=O) groups is 1. The van der Waals surface area contributed by atoms with Crippen LogP contribution in [0.15, 0.2) is 28.7 Å². The molecule has 1 fully saturated rings. The molecule has 1 aliphatic heterocycles. The number of nitrogens with zero attached hydrogens (tertiary/aromatic N) is 1. The molecule has 0 spiro atoms. The summed E-state index contributed by atoms with van der Waals surface area (Å²) in [5.74, 6) is 0.423. The quantitative estimate of drug-likeness (QED) is 0.769. The molecular weight excluding hydrogens is 330 g/mol. The molecule has 0 N–H and O–H groups in total. The third-order valence-corrected chi connectivity index (χ3v) is 3.90. The topological polar surface area (TPSA) is 29.5 Å². The predicted molar refractivity (Wildman–Crippen MR) is 79.7 cm³/mol. The van der Waals surface area contributed by atoms with Crippen LogP contribution < -0.4 is 0 Å². The van der Waals surface area contributed by atoms with Gasteiger partial charge in [-0.1, -0.05) is 15.9 Å². The van der Waals surface area contributed by atoms with Gasteiger partial charge in [-0.25, -0.2) is 0 Å². The molecule has 1 atom stereocenters. The minimum atomic E-state index is -0.358. The normalized spacial score (nSPS) is 22.3. The van der Waals surface area contributed by atoms with E-state index in [0.717, 1.165) is 4.47 Å². The Morgan fingerprint density at radius 2 is 2.11 bits per heavy atom. The van der Waals surface area contributed by atoms with Crippen molar-refractivity contribution in [2.75, 3.05) is 19.0 Å². The molecule has 0 saturated carbocycles. The molecule has 1 saturated heterocycles. The monoisotopic (exact) mass is 345 g/mol. The summed E-state index contributed by atoms with van der Waals surface area (Å²) in [7, 11) is 0. The summed E-state index contributed by atoms with van der Waals surface area (Å²) in [6.45, 7) is 5.08. The van der Waals surface area contributed by atoms with Crippen LogP contribution in [0.5, 0.6) is 0 Å². The fourth-order valence-corrected chi connectivity index (χ4v) is 2.73. The van der Waals surface area contributed by atoms with E-state index in [0.29, 0.717) is 24.5 Å². The van der Waals surface area contributed by atoms with Crippen LogP contribution >= 0.6 is 27.5 Å². The Hall–Kier alpha value is -0.580. The number of halogens is 2. The lowest BCUT2D eigenvalue weighted by molar-refractivity contribution is -0.117. The maximum atomic E-state index is 12.5. The molecule has 1 unspecified atom stereocenters. The average molecular weight is 347 g/mol. The molecule has 104 valence electrons. The second-order valence-corrected chi connectivity index (χ2v) is 6.57. The molecule has 1 heterocycles. The molecule has 1 amide bonds. The van der Waals surface area contributed by atoms with Gasteiger partial charge in [0.25, 0.3) is 5.91 Å². The van der Waals surface area contributed by atoms with Crippen molar-refractivity contribution >= 4 is 33.4 Å². The highest BCUT2D eigenvalue weighted by Gasteiger charge is 2.35. The highest BCUT2D eigenvalue weighted by molar-refractivity contribution is 9.10. The van der Waals surface area contributed by atoms with Gasteiger partial charge in [0.2, 0.25) is 0 Å². The number of carbonyl (C=O) groups excluding carboxylic acids is 1. The Morgan fingerprint density at radius 1 is 1.47 bits per heavy atom. The number of morpholine rings is 1. The van der Waals surface area contributed by atoms with Gasteiger partial charge in [-0.2, -0.15) is 0 Å². The molecular formula is C14H17BrClNO2. The van der Waals surface area contributed by atoms with Crippen LogP contribution in [0, 0.1) is 0 Å². The summed E-state index contributed by atoms with van der Waals surface area (Å²) in [4.78, 5) is 14.3. The van der Waals surface area contributed by atoms with Crippen LogP contribution in [-0.2, 0) is 4.74 Å². The smallest absolute Gasteiger partial charge is 0.254 e. The minimum absolute atomic E-state index is 0.0268. The molecule has 0 radical (unpaired) electrons. The maximum Gasteiger partial charge on any atom is 0.254 e. The number of alkyl halides is 1. The van der Waals surface area contributed by atoms with Gasteiger partial charge in [0.1, 0.15) is 0 Å². The van der Waals surface area contributed by atoms with Crippen molar-refractivity contribution in [1.82, 2.24) is 4.90 Å². The van der Waals surface area contributed by atoms with E-state index in [9.17, 15) is 4.79 Å². The Balaban J connectivity index is 2.16. The molecule has 1 aliphatic rings. The number of hydrogen-bond acceptors (Lipinski definition) is 2. The van der Waals surface area contributed by atoms with E-state index in [1.807, 2.05) is 43.0 Å². The van der Waals surface area contributed by atoms with E-state index < -0.39 is 0 Å². The first kappa shape index (κ1) is 14.8. The average Bonchev–Trinajstić information content (AvgIpc) is 2.37. The highest BCUT2D eigenvalue weighted by atomic mass is 79.9. The fourth-order valence-electron chi connectivity index (χ4n) is 2.31. The number of ether oxygens (including phenoxy) is 1. The SMILES string of the molecule is CC1(C)CN(C(=O)c2ccc(Br)cc2)CC(CCl)O1. The number of hydrogen-bond donors (Lipinski definition) is 0. The van der Waals surface area contributed by atoms with Crippen LogP contribution in [-0.4, -0.2) is 41.5 Å². The Kier molecular flexibility index (Phi) is 4.54. The lowest BCUT2D eigenvalue weighted by Gasteiger charge is -2.42. The Bertz CT molecular complexity index is 461. The Labute approximate surface area is 127 Å². The molecule has 3 nitrogen and oxygen atoms in total. The van der Waals surface area contributed by atoms with E-state index in [1.54, 1.807) is 0 Å². The van der Waals surface area contributed by atoms with Crippen LogP contribution in [0.2, 0.25) is 0 Å². The second-order valence-electron chi connectivity index (χ2n) is 5.35. The van der Waals surface area contributed by atoms with Gasteiger partial charge < -0.3 is 9.64 Å². The molecule has 1 aromatic carbocycles. The van der Waals surface area contributed by atoms with Crippen LogP contribution in [0.25, 0.3) is 0 Å². The van der Waals surface area contributed by atoms with E-state index in [2.05, 4.69) is 15.9 Å². The fraction of sp³-hybridized carbons (Fsp3) is 0.500. The van der Waals surface area contributed by atoms with Crippen molar-refractivity contribution in [3.8, 4) is 0 Å². The van der Waals surface area contributed by atoms with Crippen molar-refractivity contribution < 1.29 is 9.53 Å². The van der Waals surface area contributed by atoms with Gasteiger partial charge in [-0.15, -0.1) is 11.6 Å². The minimum Gasteiger partial charge on any atom is -0.367 e. The van der Waals surface area contributed by atoms with E-state index in [4.69, 9.17) is 16.3 Å². The molecule has 2 rings (SSSR count). The number of amides is 1. The number of rotatable bonds is 2. The van der Waals surface area contributed by atoms with Gasteiger partial charge in [-0.3, -0.25) is 4.79 Å². The van der Waals surface area contributed by atoms with Crippen LogP contribution in [0.1, 0.15) is 24.2 Å². The first-order chi connectivity index (χ1) is 8.91. The third-order valence-electron chi connectivity index (χ3n) is 3.03. The van der Waals surface area contributed by atoms with Crippen molar-refractivity contribution in [3.63, 3.8) is 0 Å². The van der Waals surface area contributed by atoms with Gasteiger partial charge in [0, 0.05) is 23.1 Å². The molecule has 19 heavy (non-hydrogen) atoms. The van der Waals surface area contributed by atoms with E-state index in [1.165, 1.54) is 0 Å². The van der Waals surface area contributed by atoms with Gasteiger partial charge in [0.05, 0.1) is 17.6 Å². The summed E-state index contributed by atoms with van der Waals surface area (Å²) in [6, 6.07) is 7.39. The van der Waals surface area contributed by atoms with Crippen molar-refractivity contribution in [3.05, 3.63) is 34.3 Å². The summed E-state index contributed by atoms with van der Waals surface area (Å²) in [5.41, 5.74) is 0.331. The maximum absolute atomic E-state index is 12.5. The zero-order chi connectivity index (χ0) is 14.0. The summed E-state index contributed by atoms with van der Waals surface area (Å²) < 4.78 is 6.79. The standard InChI is InChI=1S/C14H17BrClNO2/c1-14(2)9-17(8-12(7-16)19-14)13(18)10-3-5-11(15)6-4-10/h3-6,12H,7-9H2,1-2H3. The predicted octanol–water partition coefficient (Wildman–Crippen LogP) is 3.31. The first-order valence-electron chi connectivity index (χ1n) is 6.20. The molecule has 0 aliphatic carbocycles. The van der Waals surface area contributed by atoms with Gasteiger partial charge in [0.15, 0.2) is 0 Å². The van der Waals surface area contributed by atoms with E-state index >= 15 is 0 Å². The second kappa shape index (κ2) is 5.81. The summed E-state index contributed by atoms with van der Waals surface area (Å²) in [5, 5.41) is 0. The molecule has 0 aromatic heterocycles. The summed E-state index contributed by atoms with van der Waals surface area (Å²) >= 11 is 9.24. The zero-order valence-electron chi connectivity index (χ0n) is 11.0. The summed E-state index contributed by atoms with van der Waals surface area (Å²) in [6.07, 6.45) is -0.107. The molecule has 1 aromatic rings. The van der Waals surface area contributed by atoms with Gasteiger partial charge >= 0.3 is 0 Å². The Morgan fingerprint density at radius 3 is 2.68 bits per heavy atom. The lowest BCUT2D eigenvalue weighted by atomic mass is 10.0. The molecule has 0 bridgehead atoms. The first-order valence-corrected chi connectivity index (χ1v) is 7.53. The highest BCUT2D eigenvalue weighted by Crippen LogP contribution is 2.23. The van der Waals surface area contributed by atoms with Gasteiger partial charge in [-0.05, 0) is 38.1 Å². The van der Waals surface area contributed by atoms with Crippen molar-refractivity contribution in [2.45, 2.75) is 25.6 Å². The van der Waals surface area contributed by atoms with Crippen LogP contribution in [0.3, 0.4) is 0 Å². The van der Waals surface area contributed by atoms with Crippen molar-refractivity contribution in [2.24, 2.45) is 0 Å². The third kappa shape index (κ3) is 3.71. The van der Waals surface area contributed by atoms with Crippen LogP contribution in [0.4, 0.5) is 0 Å². The van der Waals surface area contributed by atoms with E-state index in [-0.39, 0.29) is 17.6 Å². The molecule has 5 heteroatoms. The zero-order valence-corrected chi connectivity index (χ0v) is 13.4. The largest absolute Gasteiger partial charge is 0.367 e. The number of benzene rings is 1. The lowest BCUT2D eigenvalue weighted by Crippen LogP contribution is -2.55.